The van der Waals surface area contributed by atoms with Crippen molar-refractivity contribution < 1.29 is 0 Å². The lowest BCUT2D eigenvalue weighted by atomic mass is 10.1. The molecule has 1 heterocycles. The van der Waals surface area contributed by atoms with Crippen molar-refractivity contribution in [1.29, 1.82) is 0 Å². The first kappa shape index (κ1) is 9.89. The highest BCUT2D eigenvalue weighted by Crippen LogP contribution is 2.03. The van der Waals surface area contributed by atoms with E-state index in [2.05, 4.69) is 17.0 Å². The van der Waals surface area contributed by atoms with Gasteiger partial charge in [0.15, 0.2) is 0 Å². The van der Waals surface area contributed by atoms with Crippen molar-refractivity contribution in [3.63, 3.8) is 0 Å². The van der Waals surface area contributed by atoms with E-state index in [9.17, 15) is 0 Å². The number of nitrogens with two attached hydrogens (primary N) is 1. The first-order valence-corrected chi connectivity index (χ1v) is 4.32. The number of hydrogen-bond donors (Lipinski definition) is 2. The van der Waals surface area contributed by atoms with Gasteiger partial charge in [-0.2, -0.15) is 0 Å². The lowest BCUT2D eigenvalue weighted by Gasteiger charge is -2.12. The molecule has 3 heteroatoms. The summed E-state index contributed by atoms with van der Waals surface area (Å²) in [6.07, 6.45) is 7.23. The third-order valence-corrected chi connectivity index (χ3v) is 1.92. The highest BCUT2D eigenvalue weighted by molar-refractivity contribution is 5.11. The molecule has 1 atom stereocenters. The Morgan fingerprint density at radius 2 is 2.23 bits per heavy atom. The van der Waals surface area contributed by atoms with Gasteiger partial charge in [0.05, 0.1) is 0 Å². The number of hydrazine groups is 1. The van der Waals surface area contributed by atoms with Gasteiger partial charge in [-0.1, -0.05) is 6.08 Å². The van der Waals surface area contributed by atoms with E-state index in [1.807, 2.05) is 18.2 Å². The van der Waals surface area contributed by atoms with Crippen LogP contribution in [0.3, 0.4) is 0 Å². The average molecular weight is 177 g/mol. The quantitative estimate of drug-likeness (QED) is 0.401. The molecule has 1 aromatic heterocycles. The summed E-state index contributed by atoms with van der Waals surface area (Å²) in [6, 6.07) is 4.25. The lowest BCUT2D eigenvalue weighted by Crippen LogP contribution is -2.36. The van der Waals surface area contributed by atoms with Crippen LogP contribution in [0.2, 0.25) is 0 Å². The Morgan fingerprint density at radius 1 is 1.54 bits per heavy atom. The third kappa shape index (κ3) is 3.36. The summed E-state index contributed by atoms with van der Waals surface area (Å²) in [4.78, 5) is 3.95. The second-order valence-electron chi connectivity index (χ2n) is 2.95. The van der Waals surface area contributed by atoms with Crippen LogP contribution in [0.1, 0.15) is 12.0 Å². The van der Waals surface area contributed by atoms with Crippen molar-refractivity contribution in [3.05, 3.63) is 42.7 Å². The van der Waals surface area contributed by atoms with Crippen LogP contribution < -0.4 is 11.3 Å². The number of pyridine rings is 1. The molecular weight excluding hydrogens is 162 g/mol. The number of hydrogen-bond acceptors (Lipinski definition) is 3. The van der Waals surface area contributed by atoms with E-state index in [0.29, 0.717) is 0 Å². The zero-order valence-electron chi connectivity index (χ0n) is 7.61. The molecule has 0 radical (unpaired) electrons. The first-order valence-electron chi connectivity index (χ1n) is 4.32. The molecular formula is C10H15N3. The van der Waals surface area contributed by atoms with Crippen molar-refractivity contribution >= 4 is 0 Å². The Bertz CT molecular complexity index is 246. The molecule has 0 aliphatic rings. The van der Waals surface area contributed by atoms with Crippen molar-refractivity contribution in [3.8, 4) is 0 Å². The second kappa shape index (κ2) is 5.45. The Hall–Kier alpha value is -1.19. The molecule has 0 amide bonds. The molecule has 13 heavy (non-hydrogen) atoms. The fourth-order valence-electron chi connectivity index (χ4n) is 1.21. The van der Waals surface area contributed by atoms with Crippen LogP contribution in [-0.2, 0) is 6.42 Å². The van der Waals surface area contributed by atoms with Gasteiger partial charge in [-0.15, -0.1) is 6.58 Å². The van der Waals surface area contributed by atoms with E-state index in [1.165, 1.54) is 5.56 Å². The highest BCUT2D eigenvalue weighted by atomic mass is 15.2. The van der Waals surface area contributed by atoms with Crippen molar-refractivity contribution in [2.75, 3.05) is 0 Å². The molecule has 0 spiro atoms. The smallest absolute Gasteiger partial charge is 0.0285 e. The zero-order valence-corrected chi connectivity index (χ0v) is 7.61. The molecule has 70 valence electrons. The third-order valence-electron chi connectivity index (χ3n) is 1.92. The van der Waals surface area contributed by atoms with Gasteiger partial charge in [-0.3, -0.25) is 16.3 Å². The van der Waals surface area contributed by atoms with Crippen LogP contribution in [0.15, 0.2) is 37.2 Å². The Balaban J connectivity index is 2.51. The first-order chi connectivity index (χ1) is 6.36. The van der Waals surface area contributed by atoms with Gasteiger partial charge < -0.3 is 0 Å². The van der Waals surface area contributed by atoms with E-state index in [-0.39, 0.29) is 6.04 Å². The van der Waals surface area contributed by atoms with Crippen molar-refractivity contribution in [1.82, 2.24) is 10.4 Å². The minimum atomic E-state index is 0.264. The van der Waals surface area contributed by atoms with Gasteiger partial charge in [0.25, 0.3) is 0 Å². The summed E-state index contributed by atoms with van der Waals surface area (Å²) < 4.78 is 0. The summed E-state index contributed by atoms with van der Waals surface area (Å²) in [5.74, 6) is 5.39. The summed E-state index contributed by atoms with van der Waals surface area (Å²) >= 11 is 0. The molecule has 0 aliphatic carbocycles. The largest absolute Gasteiger partial charge is 0.271 e. The predicted molar refractivity (Wildman–Crippen MR) is 53.9 cm³/mol. The standard InChI is InChI=1S/C10H15N3/c1-2-3-10(13-11)8-9-4-6-12-7-5-9/h2,4-7,10,13H,1,3,8,11H2. The molecule has 3 nitrogen and oxygen atoms in total. The van der Waals surface area contributed by atoms with Gasteiger partial charge in [0.1, 0.15) is 0 Å². The van der Waals surface area contributed by atoms with E-state index in [0.717, 1.165) is 12.8 Å². The van der Waals surface area contributed by atoms with Crippen LogP contribution >= 0.6 is 0 Å². The molecule has 0 aromatic carbocycles. The molecule has 0 aliphatic heterocycles. The van der Waals surface area contributed by atoms with Crippen LogP contribution in [-0.4, -0.2) is 11.0 Å². The molecule has 1 aromatic rings. The van der Waals surface area contributed by atoms with E-state index < -0.39 is 0 Å². The Morgan fingerprint density at radius 3 is 2.77 bits per heavy atom. The van der Waals surface area contributed by atoms with E-state index in [4.69, 9.17) is 5.84 Å². The maximum Gasteiger partial charge on any atom is 0.0285 e. The molecule has 0 saturated carbocycles. The fraction of sp³-hybridized carbons (Fsp3) is 0.300. The maximum absolute atomic E-state index is 5.39. The van der Waals surface area contributed by atoms with Crippen molar-refractivity contribution in [2.24, 2.45) is 5.84 Å². The molecule has 0 fully saturated rings. The zero-order chi connectivity index (χ0) is 9.52. The number of nitrogens with one attached hydrogen (secondary N) is 1. The molecule has 1 rings (SSSR count). The predicted octanol–water partition coefficient (Wildman–Crippen LogP) is 1.03. The van der Waals surface area contributed by atoms with Crippen molar-refractivity contribution in [2.45, 2.75) is 18.9 Å². The maximum atomic E-state index is 5.39. The average Bonchev–Trinajstić information content (AvgIpc) is 2.19. The van der Waals surface area contributed by atoms with Gasteiger partial charge in [0.2, 0.25) is 0 Å². The second-order valence-corrected chi connectivity index (χ2v) is 2.95. The normalized spacial score (nSPS) is 12.4. The molecule has 3 N–H and O–H groups in total. The molecule has 0 saturated heterocycles. The van der Waals surface area contributed by atoms with E-state index >= 15 is 0 Å². The van der Waals surface area contributed by atoms with Crippen LogP contribution in [0.5, 0.6) is 0 Å². The van der Waals surface area contributed by atoms with Gasteiger partial charge in [-0.25, -0.2) is 0 Å². The summed E-state index contributed by atoms with van der Waals surface area (Å²) in [5, 5.41) is 0. The van der Waals surface area contributed by atoms with Gasteiger partial charge in [-0.05, 0) is 30.5 Å². The molecule has 1 unspecified atom stereocenters. The lowest BCUT2D eigenvalue weighted by molar-refractivity contribution is 0.531. The number of aromatic nitrogens is 1. The Labute approximate surface area is 78.6 Å². The van der Waals surface area contributed by atoms with Gasteiger partial charge >= 0.3 is 0 Å². The SMILES string of the molecule is C=CCC(Cc1ccncc1)NN. The monoisotopic (exact) mass is 177 g/mol. The summed E-state index contributed by atoms with van der Waals surface area (Å²) in [6.45, 7) is 3.68. The topological polar surface area (TPSA) is 50.9 Å². The highest BCUT2D eigenvalue weighted by Gasteiger charge is 2.04. The summed E-state index contributed by atoms with van der Waals surface area (Å²) in [7, 11) is 0. The van der Waals surface area contributed by atoms with Crippen LogP contribution in [0.4, 0.5) is 0 Å². The van der Waals surface area contributed by atoms with Crippen LogP contribution in [0, 0.1) is 0 Å². The fourth-order valence-corrected chi connectivity index (χ4v) is 1.21. The Kier molecular flexibility index (Phi) is 4.15. The minimum absolute atomic E-state index is 0.264. The van der Waals surface area contributed by atoms with Gasteiger partial charge in [0, 0.05) is 18.4 Å². The number of rotatable bonds is 5. The van der Waals surface area contributed by atoms with Crippen LogP contribution in [0.25, 0.3) is 0 Å². The molecule has 0 bridgehead atoms. The minimum Gasteiger partial charge on any atom is -0.271 e. The summed E-state index contributed by atoms with van der Waals surface area (Å²) in [5.41, 5.74) is 4.00. The van der Waals surface area contributed by atoms with E-state index in [1.54, 1.807) is 12.4 Å². The number of nitrogens with zero attached hydrogens (tertiary/aromatic N) is 1.